The van der Waals surface area contributed by atoms with Crippen LogP contribution in [0.25, 0.3) is 0 Å². The number of carbonyl (C=O) groups excluding carboxylic acids is 1. The van der Waals surface area contributed by atoms with Gasteiger partial charge in [0.1, 0.15) is 0 Å². The molecule has 0 aliphatic rings. The third kappa shape index (κ3) is 3.57. The lowest BCUT2D eigenvalue weighted by Gasteiger charge is -2.07. The zero-order valence-corrected chi connectivity index (χ0v) is 11.7. The molecule has 0 atom stereocenters. The summed E-state index contributed by atoms with van der Waals surface area (Å²) >= 11 is 5.67. The monoisotopic (exact) mass is 311 g/mol. The number of benzene rings is 2. The second-order valence-electron chi connectivity index (χ2n) is 3.80. The van der Waals surface area contributed by atoms with E-state index in [1.807, 2.05) is 0 Å². The number of hydrogen-bond acceptors (Lipinski definition) is 4. The van der Waals surface area contributed by atoms with Crippen molar-refractivity contribution in [1.82, 2.24) is 4.89 Å². The van der Waals surface area contributed by atoms with Crippen LogP contribution in [0.1, 0.15) is 10.4 Å². The van der Waals surface area contributed by atoms with E-state index in [1.54, 1.807) is 23.1 Å². The molecule has 0 bridgehead atoms. The molecule has 0 saturated carbocycles. The first-order chi connectivity index (χ1) is 9.49. The first-order valence-corrected chi connectivity index (χ1v) is 7.39. The van der Waals surface area contributed by atoms with Crippen molar-refractivity contribution in [2.45, 2.75) is 4.90 Å². The van der Waals surface area contributed by atoms with E-state index in [0.29, 0.717) is 5.02 Å². The molecule has 0 unspecified atom stereocenters. The first-order valence-electron chi connectivity index (χ1n) is 5.52. The molecule has 2 aromatic rings. The van der Waals surface area contributed by atoms with Gasteiger partial charge in [-0.15, -0.1) is 0 Å². The number of carbonyl (C=O) groups is 1. The molecule has 1 N–H and O–H groups in total. The maximum absolute atomic E-state index is 11.8. The van der Waals surface area contributed by atoms with Gasteiger partial charge in [0, 0.05) is 5.02 Å². The zero-order valence-electron chi connectivity index (χ0n) is 10.1. The van der Waals surface area contributed by atoms with E-state index in [-0.39, 0.29) is 10.5 Å². The summed E-state index contributed by atoms with van der Waals surface area (Å²) in [6.07, 6.45) is 0. The fourth-order valence-corrected chi connectivity index (χ4v) is 2.29. The molecule has 0 amide bonds. The van der Waals surface area contributed by atoms with Crippen LogP contribution in [-0.4, -0.2) is 14.4 Å². The normalized spacial score (nSPS) is 11.1. The lowest BCUT2D eigenvalue weighted by molar-refractivity contribution is 0.0407. The highest BCUT2D eigenvalue weighted by atomic mass is 35.5. The second kappa shape index (κ2) is 6.04. The topological polar surface area (TPSA) is 72.5 Å². The van der Waals surface area contributed by atoms with Gasteiger partial charge in [-0.1, -0.05) is 29.8 Å². The van der Waals surface area contributed by atoms with Crippen LogP contribution in [0.5, 0.6) is 0 Å². The standard InChI is InChI=1S/C13H10ClNO4S/c14-11-6-8-12(9-7-11)20(17,18)15-19-13(16)10-4-2-1-3-5-10/h1-9,15H. The summed E-state index contributed by atoms with van der Waals surface area (Å²) in [6.45, 7) is 0. The summed E-state index contributed by atoms with van der Waals surface area (Å²) in [5.74, 6) is -0.789. The van der Waals surface area contributed by atoms with E-state index in [2.05, 4.69) is 4.84 Å². The third-order valence-electron chi connectivity index (χ3n) is 2.38. The van der Waals surface area contributed by atoms with Crippen molar-refractivity contribution in [3.8, 4) is 0 Å². The van der Waals surface area contributed by atoms with Crippen molar-refractivity contribution in [2.24, 2.45) is 0 Å². The average Bonchev–Trinajstić information content (AvgIpc) is 2.46. The maximum atomic E-state index is 11.8. The first kappa shape index (κ1) is 14.5. The molecule has 0 fully saturated rings. The Hall–Kier alpha value is -1.89. The predicted octanol–water partition coefficient (Wildman–Crippen LogP) is 2.39. The van der Waals surface area contributed by atoms with Gasteiger partial charge >= 0.3 is 5.97 Å². The Morgan fingerprint density at radius 2 is 1.60 bits per heavy atom. The van der Waals surface area contributed by atoms with Gasteiger partial charge in [0.2, 0.25) is 0 Å². The number of halogens is 1. The van der Waals surface area contributed by atoms with Gasteiger partial charge in [-0.05, 0) is 41.3 Å². The van der Waals surface area contributed by atoms with Crippen molar-refractivity contribution < 1.29 is 18.0 Å². The number of nitrogens with one attached hydrogen (secondary N) is 1. The molecular formula is C13H10ClNO4S. The highest BCUT2D eigenvalue weighted by Gasteiger charge is 2.17. The fraction of sp³-hybridized carbons (Fsp3) is 0. The van der Waals surface area contributed by atoms with Crippen LogP contribution in [0.15, 0.2) is 59.5 Å². The van der Waals surface area contributed by atoms with Crippen LogP contribution >= 0.6 is 11.6 Å². The van der Waals surface area contributed by atoms with E-state index in [9.17, 15) is 13.2 Å². The molecule has 0 radical (unpaired) electrons. The molecule has 7 heteroatoms. The number of rotatable bonds is 4. The van der Waals surface area contributed by atoms with Crippen LogP contribution in [0.4, 0.5) is 0 Å². The average molecular weight is 312 g/mol. The molecule has 20 heavy (non-hydrogen) atoms. The van der Waals surface area contributed by atoms with Crippen LogP contribution in [-0.2, 0) is 14.9 Å². The fourth-order valence-electron chi connectivity index (χ4n) is 1.39. The molecule has 104 valence electrons. The van der Waals surface area contributed by atoms with Crippen molar-refractivity contribution in [2.75, 3.05) is 0 Å². The number of hydrogen-bond donors (Lipinski definition) is 1. The third-order valence-corrected chi connectivity index (χ3v) is 3.82. The largest absolute Gasteiger partial charge is 0.357 e. The molecule has 5 nitrogen and oxygen atoms in total. The minimum Gasteiger partial charge on any atom is -0.351 e. The highest BCUT2D eigenvalue weighted by Crippen LogP contribution is 2.14. The summed E-state index contributed by atoms with van der Waals surface area (Å²) in [5, 5.41) is 0.408. The molecule has 0 saturated heterocycles. The summed E-state index contributed by atoms with van der Waals surface area (Å²) < 4.78 is 23.7. The van der Waals surface area contributed by atoms with E-state index in [0.717, 1.165) is 0 Å². The Labute approximate surface area is 121 Å². The van der Waals surface area contributed by atoms with Gasteiger partial charge < -0.3 is 4.84 Å². The Kier molecular flexibility index (Phi) is 4.39. The van der Waals surface area contributed by atoms with Crippen molar-refractivity contribution >= 4 is 27.6 Å². The Bertz CT molecular complexity index is 699. The van der Waals surface area contributed by atoms with Crippen LogP contribution < -0.4 is 4.89 Å². The smallest absolute Gasteiger partial charge is 0.351 e. The predicted molar refractivity (Wildman–Crippen MR) is 73.6 cm³/mol. The second-order valence-corrected chi connectivity index (χ2v) is 5.88. The van der Waals surface area contributed by atoms with Gasteiger partial charge in [-0.25, -0.2) is 13.2 Å². The SMILES string of the molecule is O=C(ONS(=O)(=O)c1ccc(Cl)cc1)c1ccccc1. The van der Waals surface area contributed by atoms with Gasteiger partial charge in [0.25, 0.3) is 10.0 Å². The Morgan fingerprint density at radius 1 is 1.00 bits per heavy atom. The summed E-state index contributed by atoms with van der Waals surface area (Å²) in [4.78, 5) is 17.9. The minimum absolute atomic E-state index is 0.0530. The van der Waals surface area contributed by atoms with Crippen molar-refractivity contribution in [1.29, 1.82) is 0 Å². The molecular weight excluding hydrogens is 302 g/mol. The Morgan fingerprint density at radius 3 is 2.20 bits per heavy atom. The quantitative estimate of drug-likeness (QED) is 0.880. The van der Waals surface area contributed by atoms with Gasteiger partial charge in [0.15, 0.2) is 0 Å². The number of sulfonamides is 1. The minimum atomic E-state index is -3.93. The van der Waals surface area contributed by atoms with Crippen LogP contribution in [0.3, 0.4) is 0 Å². The summed E-state index contributed by atoms with van der Waals surface area (Å²) in [5.41, 5.74) is 0.242. The van der Waals surface area contributed by atoms with Gasteiger partial charge in [0.05, 0.1) is 10.5 Å². The van der Waals surface area contributed by atoms with Crippen molar-refractivity contribution in [3.63, 3.8) is 0 Å². The summed E-state index contributed by atoms with van der Waals surface area (Å²) in [7, 11) is -3.93. The van der Waals surface area contributed by atoms with Crippen LogP contribution in [0.2, 0.25) is 5.02 Å². The molecule has 2 rings (SSSR count). The van der Waals surface area contributed by atoms with E-state index < -0.39 is 16.0 Å². The van der Waals surface area contributed by atoms with Crippen LogP contribution in [0, 0.1) is 0 Å². The Balaban J connectivity index is 2.06. The molecule has 0 aromatic heterocycles. The van der Waals surface area contributed by atoms with E-state index >= 15 is 0 Å². The maximum Gasteiger partial charge on any atom is 0.357 e. The molecule has 0 aliphatic carbocycles. The molecule has 0 heterocycles. The van der Waals surface area contributed by atoms with E-state index in [1.165, 1.54) is 36.4 Å². The highest BCUT2D eigenvalue weighted by molar-refractivity contribution is 7.89. The molecule has 0 aliphatic heterocycles. The van der Waals surface area contributed by atoms with Gasteiger partial charge in [-0.2, -0.15) is 0 Å². The molecule has 2 aromatic carbocycles. The zero-order chi connectivity index (χ0) is 14.6. The lowest BCUT2D eigenvalue weighted by Crippen LogP contribution is -2.27. The van der Waals surface area contributed by atoms with E-state index in [4.69, 9.17) is 11.6 Å². The van der Waals surface area contributed by atoms with Gasteiger partial charge in [-0.3, -0.25) is 0 Å². The summed E-state index contributed by atoms with van der Waals surface area (Å²) in [6, 6.07) is 13.5. The van der Waals surface area contributed by atoms with Crippen molar-refractivity contribution in [3.05, 3.63) is 65.2 Å². The lowest BCUT2D eigenvalue weighted by atomic mass is 10.2. The molecule has 0 spiro atoms.